The molecule has 0 aliphatic heterocycles. The summed E-state index contributed by atoms with van der Waals surface area (Å²) in [5, 5.41) is 5.10. The Kier molecular flexibility index (Phi) is 6.14. The monoisotopic (exact) mass is 330 g/mol. The van der Waals surface area contributed by atoms with Gasteiger partial charge < -0.3 is 19.8 Å². The molecule has 128 valence electrons. The molecule has 0 aliphatic rings. The number of hydrogen-bond donors (Lipinski definition) is 2. The molecule has 1 aromatic carbocycles. The van der Waals surface area contributed by atoms with E-state index in [0.717, 1.165) is 0 Å². The number of carbonyl (C=O) groups is 2. The zero-order valence-corrected chi connectivity index (χ0v) is 14.0. The lowest BCUT2D eigenvalue weighted by Crippen LogP contribution is -2.37. The van der Waals surface area contributed by atoms with Gasteiger partial charge in [-0.2, -0.15) is 0 Å². The highest BCUT2D eigenvalue weighted by molar-refractivity contribution is 6.39. The van der Waals surface area contributed by atoms with Gasteiger partial charge in [0, 0.05) is 12.8 Å². The van der Waals surface area contributed by atoms with Gasteiger partial charge in [-0.1, -0.05) is 26.0 Å². The molecular formula is C18H22N2O4. The van der Waals surface area contributed by atoms with E-state index in [9.17, 15) is 9.59 Å². The first-order valence-corrected chi connectivity index (χ1v) is 7.76. The van der Waals surface area contributed by atoms with Crippen LogP contribution in [0.25, 0.3) is 0 Å². The number of carbonyl (C=O) groups excluding carboxylic acids is 2. The van der Waals surface area contributed by atoms with E-state index in [0.29, 0.717) is 17.4 Å². The van der Waals surface area contributed by atoms with Crippen LogP contribution in [0.2, 0.25) is 0 Å². The quantitative estimate of drug-likeness (QED) is 0.798. The summed E-state index contributed by atoms with van der Waals surface area (Å²) in [6.07, 6.45) is 1.08. The standard InChI is InChI=1S/C18H22N2O4/c1-12(2)13-6-8-14(9-7-13)20-18(22)17(21)19-11-16(23-3)15-5-4-10-24-15/h4-10,12,16H,11H2,1-3H3,(H,19,21)(H,20,22). The Bertz CT molecular complexity index is 663. The first kappa shape index (κ1) is 17.7. The van der Waals surface area contributed by atoms with Crippen LogP contribution in [0.3, 0.4) is 0 Å². The highest BCUT2D eigenvalue weighted by Crippen LogP contribution is 2.17. The van der Waals surface area contributed by atoms with Crippen LogP contribution in [0.1, 0.15) is 37.2 Å². The van der Waals surface area contributed by atoms with Gasteiger partial charge in [-0.05, 0) is 35.7 Å². The molecule has 0 bridgehead atoms. The lowest BCUT2D eigenvalue weighted by Gasteiger charge is -2.13. The minimum atomic E-state index is -0.725. The normalized spacial score (nSPS) is 12.0. The van der Waals surface area contributed by atoms with Crippen molar-refractivity contribution < 1.29 is 18.7 Å². The van der Waals surface area contributed by atoms with Crippen LogP contribution in [-0.4, -0.2) is 25.5 Å². The molecule has 2 amide bonds. The van der Waals surface area contributed by atoms with E-state index >= 15 is 0 Å². The van der Waals surface area contributed by atoms with Crippen molar-refractivity contribution in [3.8, 4) is 0 Å². The summed E-state index contributed by atoms with van der Waals surface area (Å²) in [5.41, 5.74) is 1.74. The largest absolute Gasteiger partial charge is 0.467 e. The molecule has 24 heavy (non-hydrogen) atoms. The number of hydrogen-bond acceptors (Lipinski definition) is 4. The number of methoxy groups -OCH3 is 1. The lowest BCUT2D eigenvalue weighted by atomic mass is 10.0. The Morgan fingerprint density at radius 1 is 1.12 bits per heavy atom. The van der Waals surface area contributed by atoms with E-state index in [1.54, 1.807) is 24.3 Å². The third-order valence-electron chi connectivity index (χ3n) is 3.63. The molecule has 6 heteroatoms. The molecule has 0 spiro atoms. The fraction of sp³-hybridized carbons (Fsp3) is 0.333. The Balaban J connectivity index is 1.86. The smallest absolute Gasteiger partial charge is 0.313 e. The highest BCUT2D eigenvalue weighted by Gasteiger charge is 2.18. The van der Waals surface area contributed by atoms with Gasteiger partial charge in [0.25, 0.3) is 0 Å². The van der Waals surface area contributed by atoms with E-state index in [4.69, 9.17) is 9.15 Å². The molecule has 1 aromatic heterocycles. The molecule has 2 aromatic rings. The summed E-state index contributed by atoms with van der Waals surface area (Å²) >= 11 is 0. The Hall–Kier alpha value is -2.60. The van der Waals surface area contributed by atoms with Gasteiger partial charge in [-0.3, -0.25) is 9.59 Å². The number of amides is 2. The zero-order chi connectivity index (χ0) is 17.5. The van der Waals surface area contributed by atoms with Gasteiger partial charge in [0.2, 0.25) is 0 Å². The Morgan fingerprint density at radius 3 is 2.38 bits per heavy atom. The molecule has 0 saturated heterocycles. The van der Waals surface area contributed by atoms with Crippen molar-refractivity contribution in [1.82, 2.24) is 5.32 Å². The van der Waals surface area contributed by atoms with Gasteiger partial charge in [-0.15, -0.1) is 0 Å². The first-order chi connectivity index (χ1) is 11.5. The van der Waals surface area contributed by atoms with E-state index in [2.05, 4.69) is 24.5 Å². The predicted octanol–water partition coefficient (Wildman–Crippen LogP) is 2.85. The third-order valence-corrected chi connectivity index (χ3v) is 3.63. The Morgan fingerprint density at radius 2 is 1.83 bits per heavy atom. The van der Waals surface area contributed by atoms with Gasteiger partial charge in [0.1, 0.15) is 11.9 Å². The van der Waals surface area contributed by atoms with Crippen LogP contribution in [0.15, 0.2) is 47.1 Å². The van der Waals surface area contributed by atoms with Crippen molar-refractivity contribution in [2.75, 3.05) is 19.0 Å². The van der Waals surface area contributed by atoms with Crippen molar-refractivity contribution >= 4 is 17.5 Å². The molecule has 0 aliphatic carbocycles. The maximum atomic E-state index is 11.9. The molecule has 1 heterocycles. The minimum Gasteiger partial charge on any atom is -0.467 e. The maximum Gasteiger partial charge on any atom is 0.313 e. The summed E-state index contributed by atoms with van der Waals surface area (Å²) in [4.78, 5) is 23.8. The van der Waals surface area contributed by atoms with Crippen molar-refractivity contribution in [3.05, 3.63) is 54.0 Å². The molecule has 6 nitrogen and oxygen atoms in total. The predicted molar refractivity (Wildman–Crippen MR) is 90.6 cm³/mol. The maximum absolute atomic E-state index is 11.9. The summed E-state index contributed by atoms with van der Waals surface area (Å²) in [6.45, 7) is 4.32. The number of rotatable bonds is 6. The average molecular weight is 330 g/mol. The van der Waals surface area contributed by atoms with Crippen LogP contribution in [-0.2, 0) is 14.3 Å². The molecular weight excluding hydrogens is 308 g/mol. The lowest BCUT2D eigenvalue weighted by molar-refractivity contribution is -0.136. The third kappa shape index (κ3) is 4.70. The van der Waals surface area contributed by atoms with E-state index < -0.39 is 17.9 Å². The number of anilines is 1. The molecule has 2 N–H and O–H groups in total. The number of ether oxygens (including phenoxy) is 1. The summed E-state index contributed by atoms with van der Waals surface area (Å²) in [5.74, 6) is -0.453. The molecule has 1 unspecified atom stereocenters. The number of nitrogens with one attached hydrogen (secondary N) is 2. The van der Waals surface area contributed by atoms with Crippen LogP contribution < -0.4 is 10.6 Å². The van der Waals surface area contributed by atoms with E-state index in [1.165, 1.54) is 18.9 Å². The zero-order valence-electron chi connectivity index (χ0n) is 14.0. The van der Waals surface area contributed by atoms with Crippen LogP contribution in [0, 0.1) is 0 Å². The summed E-state index contributed by atoms with van der Waals surface area (Å²) < 4.78 is 10.5. The van der Waals surface area contributed by atoms with Crippen LogP contribution in [0.5, 0.6) is 0 Å². The van der Waals surface area contributed by atoms with Gasteiger partial charge in [0.05, 0.1) is 12.8 Å². The first-order valence-electron chi connectivity index (χ1n) is 7.76. The molecule has 0 radical (unpaired) electrons. The van der Waals surface area contributed by atoms with Gasteiger partial charge in [0.15, 0.2) is 0 Å². The van der Waals surface area contributed by atoms with Crippen molar-refractivity contribution in [2.45, 2.75) is 25.9 Å². The molecule has 2 rings (SSSR count). The summed E-state index contributed by atoms with van der Waals surface area (Å²) in [7, 11) is 1.51. The van der Waals surface area contributed by atoms with Gasteiger partial charge >= 0.3 is 11.8 Å². The Labute approximate surface area is 141 Å². The van der Waals surface area contributed by atoms with Crippen LogP contribution in [0.4, 0.5) is 5.69 Å². The molecule has 0 fully saturated rings. The van der Waals surface area contributed by atoms with E-state index in [-0.39, 0.29) is 6.54 Å². The molecule has 0 saturated carbocycles. The second-order valence-electron chi connectivity index (χ2n) is 5.68. The second kappa shape index (κ2) is 8.31. The minimum absolute atomic E-state index is 0.141. The van der Waals surface area contributed by atoms with Crippen molar-refractivity contribution in [1.29, 1.82) is 0 Å². The second-order valence-corrected chi connectivity index (χ2v) is 5.68. The van der Waals surface area contributed by atoms with Crippen molar-refractivity contribution in [2.24, 2.45) is 0 Å². The number of benzene rings is 1. The SMILES string of the molecule is COC(CNC(=O)C(=O)Nc1ccc(C(C)C)cc1)c1ccco1. The van der Waals surface area contributed by atoms with Gasteiger partial charge in [-0.25, -0.2) is 0 Å². The fourth-order valence-electron chi connectivity index (χ4n) is 2.18. The fourth-order valence-corrected chi connectivity index (χ4v) is 2.18. The van der Waals surface area contributed by atoms with Crippen LogP contribution >= 0.6 is 0 Å². The summed E-state index contributed by atoms with van der Waals surface area (Å²) in [6, 6.07) is 10.9. The highest BCUT2D eigenvalue weighted by atomic mass is 16.5. The number of furan rings is 1. The average Bonchev–Trinajstić information content (AvgIpc) is 3.10. The molecule has 1 atom stereocenters. The topological polar surface area (TPSA) is 80.6 Å². The van der Waals surface area contributed by atoms with Crippen molar-refractivity contribution in [3.63, 3.8) is 0 Å². The van der Waals surface area contributed by atoms with E-state index in [1.807, 2.05) is 12.1 Å².